The number of fused-ring (bicyclic) bond motifs is 1. The summed E-state index contributed by atoms with van der Waals surface area (Å²) in [6, 6.07) is 15.5. The molecule has 1 heterocycles. The van der Waals surface area contributed by atoms with Gasteiger partial charge in [0.2, 0.25) is 5.76 Å². The molecule has 0 saturated heterocycles. The zero-order valence-electron chi connectivity index (χ0n) is 12.1. The Morgan fingerprint density at radius 2 is 1.76 bits per heavy atom. The summed E-state index contributed by atoms with van der Waals surface area (Å²) in [7, 11) is 0. The van der Waals surface area contributed by atoms with E-state index < -0.39 is 5.97 Å². The number of hydrogen-bond acceptors (Lipinski definition) is 3. The summed E-state index contributed by atoms with van der Waals surface area (Å²) >= 11 is 0. The molecule has 21 heavy (non-hydrogen) atoms. The van der Waals surface area contributed by atoms with Crippen LogP contribution >= 0.6 is 0 Å². The van der Waals surface area contributed by atoms with Crippen molar-refractivity contribution in [2.45, 2.75) is 20.5 Å². The van der Waals surface area contributed by atoms with Gasteiger partial charge in [0.1, 0.15) is 12.2 Å². The van der Waals surface area contributed by atoms with E-state index >= 15 is 0 Å². The van der Waals surface area contributed by atoms with E-state index in [2.05, 4.69) is 0 Å². The molecule has 0 aliphatic heterocycles. The van der Waals surface area contributed by atoms with E-state index in [9.17, 15) is 4.79 Å². The van der Waals surface area contributed by atoms with Gasteiger partial charge in [-0.15, -0.1) is 0 Å². The van der Waals surface area contributed by atoms with Crippen LogP contribution in [0.5, 0.6) is 0 Å². The monoisotopic (exact) mass is 280 g/mol. The van der Waals surface area contributed by atoms with Crippen LogP contribution in [0.25, 0.3) is 11.0 Å². The molecule has 0 spiro atoms. The van der Waals surface area contributed by atoms with Gasteiger partial charge in [-0.1, -0.05) is 48.0 Å². The van der Waals surface area contributed by atoms with Crippen molar-refractivity contribution in [3.63, 3.8) is 0 Å². The van der Waals surface area contributed by atoms with E-state index in [1.54, 1.807) is 0 Å². The second kappa shape index (κ2) is 5.44. The van der Waals surface area contributed by atoms with Crippen molar-refractivity contribution in [3.8, 4) is 0 Å². The standard InChI is InChI=1S/C18H16O3/c1-12-7-9-14(10-8-12)11-20-18(19)17-13(2)15-5-3-4-6-16(15)21-17/h3-10H,11H2,1-2H3. The summed E-state index contributed by atoms with van der Waals surface area (Å²) < 4.78 is 10.9. The minimum Gasteiger partial charge on any atom is -0.455 e. The van der Waals surface area contributed by atoms with Crippen LogP contribution in [-0.2, 0) is 11.3 Å². The molecule has 106 valence electrons. The lowest BCUT2D eigenvalue weighted by molar-refractivity contribution is 0.0437. The molecular formula is C18H16O3. The van der Waals surface area contributed by atoms with Crippen molar-refractivity contribution in [2.24, 2.45) is 0 Å². The summed E-state index contributed by atoms with van der Waals surface area (Å²) in [6.45, 7) is 4.14. The average Bonchev–Trinajstić information content (AvgIpc) is 2.84. The van der Waals surface area contributed by atoms with Gasteiger partial charge >= 0.3 is 5.97 Å². The third-order valence-corrected chi connectivity index (χ3v) is 3.52. The lowest BCUT2D eigenvalue weighted by Crippen LogP contribution is -2.05. The number of esters is 1. The van der Waals surface area contributed by atoms with Crippen LogP contribution in [0.2, 0.25) is 0 Å². The lowest BCUT2D eigenvalue weighted by Gasteiger charge is -2.04. The summed E-state index contributed by atoms with van der Waals surface area (Å²) in [5.41, 5.74) is 3.66. The maximum atomic E-state index is 12.2. The molecule has 0 bridgehead atoms. The maximum absolute atomic E-state index is 12.2. The Hall–Kier alpha value is -2.55. The Bertz CT molecular complexity index is 782. The quantitative estimate of drug-likeness (QED) is 0.667. The maximum Gasteiger partial charge on any atom is 0.374 e. The normalized spacial score (nSPS) is 10.8. The fourth-order valence-corrected chi connectivity index (χ4v) is 2.27. The van der Waals surface area contributed by atoms with Crippen LogP contribution in [0.3, 0.4) is 0 Å². The molecule has 0 radical (unpaired) electrons. The number of benzene rings is 2. The van der Waals surface area contributed by atoms with Crippen molar-refractivity contribution in [1.29, 1.82) is 0 Å². The first kappa shape index (κ1) is 13.4. The van der Waals surface area contributed by atoms with Crippen LogP contribution in [0.1, 0.15) is 27.2 Å². The molecule has 3 heteroatoms. The third-order valence-electron chi connectivity index (χ3n) is 3.52. The molecule has 0 saturated carbocycles. The van der Waals surface area contributed by atoms with Crippen molar-refractivity contribution in [3.05, 3.63) is 71.0 Å². The number of rotatable bonds is 3. The van der Waals surface area contributed by atoms with E-state index in [1.807, 2.05) is 62.4 Å². The zero-order chi connectivity index (χ0) is 14.8. The first-order chi connectivity index (χ1) is 10.1. The molecule has 0 fully saturated rings. The van der Waals surface area contributed by atoms with Crippen LogP contribution in [0, 0.1) is 13.8 Å². The highest BCUT2D eigenvalue weighted by atomic mass is 16.5. The Morgan fingerprint density at radius 3 is 2.48 bits per heavy atom. The van der Waals surface area contributed by atoms with Crippen molar-refractivity contribution in [2.75, 3.05) is 0 Å². The van der Waals surface area contributed by atoms with Crippen LogP contribution in [-0.4, -0.2) is 5.97 Å². The summed E-state index contributed by atoms with van der Waals surface area (Å²) in [6.07, 6.45) is 0. The van der Waals surface area contributed by atoms with E-state index in [4.69, 9.17) is 9.15 Å². The minimum absolute atomic E-state index is 0.246. The number of aryl methyl sites for hydroxylation is 2. The van der Waals surface area contributed by atoms with Gasteiger partial charge < -0.3 is 9.15 Å². The molecule has 0 atom stereocenters. The first-order valence-electron chi connectivity index (χ1n) is 6.86. The number of carbonyl (C=O) groups excluding carboxylic acids is 1. The molecule has 0 amide bonds. The second-order valence-corrected chi connectivity index (χ2v) is 5.11. The van der Waals surface area contributed by atoms with E-state index in [0.717, 1.165) is 16.5 Å². The fourth-order valence-electron chi connectivity index (χ4n) is 2.27. The second-order valence-electron chi connectivity index (χ2n) is 5.11. The Labute approximate surface area is 123 Å². The summed E-state index contributed by atoms with van der Waals surface area (Å²) in [5.74, 6) is -0.146. The van der Waals surface area contributed by atoms with Crippen LogP contribution in [0.4, 0.5) is 0 Å². The SMILES string of the molecule is Cc1ccc(COC(=O)c2oc3ccccc3c2C)cc1. The van der Waals surface area contributed by atoms with Crippen LogP contribution in [0.15, 0.2) is 52.9 Å². The highest BCUT2D eigenvalue weighted by molar-refractivity contribution is 5.95. The number of ether oxygens (including phenoxy) is 1. The smallest absolute Gasteiger partial charge is 0.374 e. The molecule has 0 N–H and O–H groups in total. The lowest BCUT2D eigenvalue weighted by atomic mass is 10.1. The summed E-state index contributed by atoms with van der Waals surface area (Å²) in [5, 5.41) is 0.944. The molecule has 3 aromatic rings. The highest BCUT2D eigenvalue weighted by Crippen LogP contribution is 2.25. The van der Waals surface area contributed by atoms with Gasteiger partial charge in [-0.3, -0.25) is 0 Å². The summed E-state index contributed by atoms with van der Waals surface area (Å²) in [4.78, 5) is 12.2. The largest absolute Gasteiger partial charge is 0.455 e. The number of carbonyl (C=O) groups is 1. The minimum atomic E-state index is -0.427. The number of furan rings is 1. The molecule has 3 nitrogen and oxygen atoms in total. The van der Waals surface area contributed by atoms with E-state index in [1.165, 1.54) is 5.56 Å². The zero-order valence-corrected chi connectivity index (χ0v) is 12.1. The van der Waals surface area contributed by atoms with Gasteiger partial charge in [0.25, 0.3) is 0 Å². The van der Waals surface area contributed by atoms with E-state index in [-0.39, 0.29) is 12.4 Å². The van der Waals surface area contributed by atoms with Crippen molar-refractivity contribution < 1.29 is 13.9 Å². The van der Waals surface area contributed by atoms with Gasteiger partial charge in [-0.25, -0.2) is 4.79 Å². The number of hydrogen-bond donors (Lipinski definition) is 0. The molecule has 1 aromatic heterocycles. The van der Waals surface area contributed by atoms with Crippen LogP contribution < -0.4 is 0 Å². The molecule has 0 aliphatic carbocycles. The predicted molar refractivity (Wildman–Crippen MR) is 81.2 cm³/mol. The molecule has 0 unspecified atom stereocenters. The molecular weight excluding hydrogens is 264 g/mol. The van der Waals surface area contributed by atoms with Crippen molar-refractivity contribution in [1.82, 2.24) is 0 Å². The topological polar surface area (TPSA) is 39.4 Å². The fraction of sp³-hybridized carbons (Fsp3) is 0.167. The predicted octanol–water partition coefficient (Wildman–Crippen LogP) is 4.41. The van der Waals surface area contributed by atoms with E-state index in [0.29, 0.717) is 5.58 Å². The van der Waals surface area contributed by atoms with Gasteiger partial charge in [0.15, 0.2) is 0 Å². The van der Waals surface area contributed by atoms with Gasteiger partial charge in [-0.05, 0) is 25.5 Å². The average molecular weight is 280 g/mol. The molecule has 3 rings (SSSR count). The highest BCUT2D eigenvalue weighted by Gasteiger charge is 2.18. The Balaban J connectivity index is 1.78. The van der Waals surface area contributed by atoms with Gasteiger partial charge in [-0.2, -0.15) is 0 Å². The third kappa shape index (κ3) is 2.68. The molecule has 2 aromatic carbocycles. The Morgan fingerprint density at radius 1 is 1.05 bits per heavy atom. The van der Waals surface area contributed by atoms with Gasteiger partial charge in [0.05, 0.1) is 0 Å². The molecule has 0 aliphatic rings. The first-order valence-corrected chi connectivity index (χ1v) is 6.86. The van der Waals surface area contributed by atoms with Crippen molar-refractivity contribution >= 4 is 16.9 Å². The van der Waals surface area contributed by atoms with Gasteiger partial charge in [0, 0.05) is 10.9 Å². The Kier molecular flexibility index (Phi) is 3.48. The number of para-hydroxylation sites is 1.